The molecule has 0 saturated heterocycles. The minimum atomic E-state index is -0.603. The van der Waals surface area contributed by atoms with E-state index in [0.29, 0.717) is 0 Å². The Morgan fingerprint density at radius 1 is 1.56 bits per heavy atom. The van der Waals surface area contributed by atoms with Gasteiger partial charge in [0.05, 0.1) is 23.7 Å². The molecule has 0 aliphatic rings. The van der Waals surface area contributed by atoms with Crippen molar-refractivity contribution >= 4 is 11.6 Å². The number of nitro benzene ring substituents is 1. The predicted molar refractivity (Wildman–Crippen MR) is 63.7 cm³/mol. The molecule has 0 aromatic heterocycles. The van der Waals surface area contributed by atoms with E-state index in [-0.39, 0.29) is 36.8 Å². The lowest BCUT2D eigenvalue weighted by molar-refractivity contribution is -0.385. The summed E-state index contributed by atoms with van der Waals surface area (Å²) < 4.78 is 5.17. The number of carbonyl (C=O) groups excluding carboxylic acids is 1. The summed E-state index contributed by atoms with van der Waals surface area (Å²) in [7, 11) is 0. The minimum absolute atomic E-state index is 0.0551. The Morgan fingerprint density at radius 3 is 2.83 bits per heavy atom. The highest BCUT2D eigenvalue weighted by molar-refractivity contribution is 5.98. The molecule has 0 unspecified atom stereocenters. The van der Waals surface area contributed by atoms with Gasteiger partial charge in [-0.1, -0.05) is 6.07 Å². The van der Waals surface area contributed by atoms with E-state index in [1.54, 1.807) is 6.92 Å². The van der Waals surface area contributed by atoms with Gasteiger partial charge >= 0.3 is 5.69 Å². The molecule has 7 heteroatoms. The topological polar surface area (TPSA) is 102 Å². The van der Waals surface area contributed by atoms with E-state index < -0.39 is 10.8 Å². The molecule has 2 N–H and O–H groups in total. The first kappa shape index (κ1) is 13.9. The van der Waals surface area contributed by atoms with Crippen LogP contribution in [0.2, 0.25) is 0 Å². The summed E-state index contributed by atoms with van der Waals surface area (Å²) in [4.78, 5) is 22.0. The van der Waals surface area contributed by atoms with E-state index in [2.05, 4.69) is 5.32 Å². The van der Waals surface area contributed by atoms with Crippen LogP contribution < -0.4 is 10.1 Å². The summed E-state index contributed by atoms with van der Waals surface area (Å²) in [5, 5.41) is 21.9. The third-order valence-electron chi connectivity index (χ3n) is 2.12. The maximum Gasteiger partial charge on any atom is 0.311 e. The Labute approximate surface area is 104 Å². The van der Waals surface area contributed by atoms with Gasteiger partial charge in [0.1, 0.15) is 0 Å². The third kappa shape index (κ3) is 3.17. The highest BCUT2D eigenvalue weighted by atomic mass is 16.6. The number of carbonyl (C=O) groups is 1. The van der Waals surface area contributed by atoms with Crippen LogP contribution in [0.4, 0.5) is 5.69 Å². The number of hydrogen-bond donors (Lipinski definition) is 2. The minimum Gasteiger partial charge on any atom is -0.487 e. The smallest absolute Gasteiger partial charge is 0.311 e. The van der Waals surface area contributed by atoms with Crippen molar-refractivity contribution in [2.24, 2.45) is 0 Å². The Balaban J connectivity index is 3.13. The van der Waals surface area contributed by atoms with Gasteiger partial charge < -0.3 is 15.2 Å². The molecular weight excluding hydrogens is 240 g/mol. The maximum absolute atomic E-state index is 11.7. The molecule has 1 aromatic carbocycles. The molecule has 0 heterocycles. The molecule has 98 valence electrons. The summed E-state index contributed by atoms with van der Waals surface area (Å²) in [5.41, 5.74) is -0.173. The van der Waals surface area contributed by atoms with E-state index in [1.807, 2.05) is 0 Å². The Hall–Kier alpha value is -2.15. The predicted octanol–water partition coefficient (Wildman–Crippen LogP) is 0.716. The SMILES string of the molecule is CCOc1c(C(=O)NCCO)cccc1[N+](=O)[O-]. The van der Waals surface area contributed by atoms with E-state index in [9.17, 15) is 14.9 Å². The molecule has 0 atom stereocenters. The average Bonchev–Trinajstić information content (AvgIpc) is 2.36. The first-order chi connectivity index (χ1) is 8.61. The summed E-state index contributed by atoms with van der Waals surface area (Å²) >= 11 is 0. The zero-order valence-corrected chi connectivity index (χ0v) is 9.88. The molecule has 7 nitrogen and oxygen atoms in total. The van der Waals surface area contributed by atoms with Crippen LogP contribution in [0.5, 0.6) is 5.75 Å². The van der Waals surface area contributed by atoms with E-state index >= 15 is 0 Å². The van der Waals surface area contributed by atoms with Crippen molar-refractivity contribution in [3.8, 4) is 5.75 Å². The molecule has 1 rings (SSSR count). The molecule has 0 saturated carbocycles. The molecule has 0 spiro atoms. The van der Waals surface area contributed by atoms with Crippen molar-refractivity contribution < 1.29 is 19.6 Å². The van der Waals surface area contributed by atoms with Crippen LogP contribution in [0.1, 0.15) is 17.3 Å². The lowest BCUT2D eigenvalue weighted by Crippen LogP contribution is -2.27. The van der Waals surface area contributed by atoms with Crippen LogP contribution in [0.25, 0.3) is 0 Å². The lowest BCUT2D eigenvalue weighted by atomic mass is 10.1. The van der Waals surface area contributed by atoms with E-state index in [4.69, 9.17) is 9.84 Å². The number of amides is 1. The molecule has 1 aromatic rings. The van der Waals surface area contributed by atoms with Crippen LogP contribution in [-0.4, -0.2) is 35.7 Å². The quantitative estimate of drug-likeness (QED) is 0.575. The van der Waals surface area contributed by atoms with Crippen LogP contribution in [0.15, 0.2) is 18.2 Å². The number of ether oxygens (including phenoxy) is 1. The molecule has 0 aliphatic heterocycles. The van der Waals surface area contributed by atoms with Crippen LogP contribution in [-0.2, 0) is 0 Å². The van der Waals surface area contributed by atoms with Gasteiger partial charge in [0.25, 0.3) is 5.91 Å². The van der Waals surface area contributed by atoms with Gasteiger partial charge in [0.15, 0.2) is 0 Å². The van der Waals surface area contributed by atoms with Gasteiger partial charge in [-0.3, -0.25) is 14.9 Å². The summed E-state index contributed by atoms with van der Waals surface area (Å²) in [5.74, 6) is -0.573. The highest BCUT2D eigenvalue weighted by Gasteiger charge is 2.22. The Kier molecular flexibility index (Phi) is 5.06. The number of para-hydroxylation sites is 1. The van der Waals surface area contributed by atoms with Crippen molar-refractivity contribution in [1.29, 1.82) is 0 Å². The second kappa shape index (κ2) is 6.55. The zero-order valence-electron chi connectivity index (χ0n) is 9.88. The molecule has 0 fully saturated rings. The number of rotatable bonds is 6. The monoisotopic (exact) mass is 254 g/mol. The van der Waals surface area contributed by atoms with Gasteiger partial charge in [-0.25, -0.2) is 0 Å². The highest BCUT2D eigenvalue weighted by Crippen LogP contribution is 2.30. The molecule has 18 heavy (non-hydrogen) atoms. The zero-order chi connectivity index (χ0) is 13.5. The largest absolute Gasteiger partial charge is 0.487 e. The number of nitrogens with zero attached hydrogens (tertiary/aromatic N) is 1. The average molecular weight is 254 g/mol. The molecule has 1 amide bonds. The maximum atomic E-state index is 11.7. The van der Waals surface area contributed by atoms with Crippen molar-refractivity contribution in [2.45, 2.75) is 6.92 Å². The molecule has 0 aliphatic carbocycles. The summed E-state index contributed by atoms with van der Waals surface area (Å²) in [6.45, 7) is 1.76. The second-order valence-electron chi connectivity index (χ2n) is 3.32. The molecule has 0 radical (unpaired) electrons. The van der Waals surface area contributed by atoms with E-state index in [0.717, 1.165) is 0 Å². The fraction of sp³-hybridized carbons (Fsp3) is 0.364. The second-order valence-corrected chi connectivity index (χ2v) is 3.32. The number of aliphatic hydroxyl groups is 1. The number of aliphatic hydroxyl groups excluding tert-OH is 1. The van der Waals surface area contributed by atoms with Gasteiger partial charge in [0, 0.05) is 12.6 Å². The molecule has 0 bridgehead atoms. The van der Waals surface area contributed by atoms with Gasteiger partial charge in [0.2, 0.25) is 5.75 Å². The molecular formula is C11H14N2O5. The lowest BCUT2D eigenvalue weighted by Gasteiger charge is -2.10. The first-order valence-electron chi connectivity index (χ1n) is 5.41. The van der Waals surface area contributed by atoms with E-state index in [1.165, 1.54) is 18.2 Å². The van der Waals surface area contributed by atoms with Gasteiger partial charge in [-0.05, 0) is 13.0 Å². The van der Waals surface area contributed by atoms with Gasteiger partial charge in [-0.15, -0.1) is 0 Å². The number of benzene rings is 1. The van der Waals surface area contributed by atoms with Crippen LogP contribution >= 0.6 is 0 Å². The summed E-state index contributed by atoms with van der Waals surface area (Å²) in [6, 6.07) is 4.12. The van der Waals surface area contributed by atoms with Gasteiger partial charge in [-0.2, -0.15) is 0 Å². The van der Waals surface area contributed by atoms with Crippen molar-refractivity contribution in [3.05, 3.63) is 33.9 Å². The summed E-state index contributed by atoms with van der Waals surface area (Å²) in [6.07, 6.45) is 0. The van der Waals surface area contributed by atoms with Crippen molar-refractivity contribution in [2.75, 3.05) is 19.8 Å². The van der Waals surface area contributed by atoms with Crippen LogP contribution in [0, 0.1) is 10.1 Å². The number of nitro groups is 1. The Bertz CT molecular complexity index is 447. The van der Waals surface area contributed by atoms with Crippen molar-refractivity contribution in [3.63, 3.8) is 0 Å². The Morgan fingerprint density at radius 2 is 2.28 bits per heavy atom. The number of nitrogens with one attached hydrogen (secondary N) is 1. The fourth-order valence-corrected chi connectivity index (χ4v) is 1.41. The fourth-order valence-electron chi connectivity index (χ4n) is 1.41. The van der Waals surface area contributed by atoms with Crippen molar-refractivity contribution in [1.82, 2.24) is 5.32 Å². The van der Waals surface area contributed by atoms with Crippen LogP contribution in [0.3, 0.4) is 0 Å². The first-order valence-corrected chi connectivity index (χ1v) is 5.41. The third-order valence-corrected chi connectivity index (χ3v) is 2.12. The normalized spacial score (nSPS) is 9.89. The number of hydrogen-bond acceptors (Lipinski definition) is 5. The standard InChI is InChI=1S/C11H14N2O5/c1-2-18-10-8(11(15)12-6-7-14)4-3-5-9(10)13(16)17/h3-5,14H,2,6-7H2,1H3,(H,12,15).